The molecule has 5 nitrogen and oxygen atoms in total. The number of carbonyl (C=O) groups excluding carboxylic acids is 1. The predicted octanol–water partition coefficient (Wildman–Crippen LogP) is 7.28. The van der Waals surface area contributed by atoms with Crippen LogP contribution >= 0.6 is 0 Å². The van der Waals surface area contributed by atoms with Crippen molar-refractivity contribution in [3.05, 3.63) is 85.0 Å². The number of ether oxygens (including phenoxy) is 3. The van der Waals surface area contributed by atoms with E-state index >= 15 is 0 Å². The first-order valence-corrected chi connectivity index (χ1v) is 11.1. The van der Waals surface area contributed by atoms with Crippen molar-refractivity contribution in [3.8, 4) is 11.5 Å². The highest BCUT2D eigenvalue weighted by molar-refractivity contribution is 5.87. The van der Waals surface area contributed by atoms with Crippen molar-refractivity contribution in [2.45, 2.75) is 53.4 Å². The van der Waals surface area contributed by atoms with Gasteiger partial charge in [0.2, 0.25) is 6.29 Å². The molecule has 1 N–H and O–H groups in total. The van der Waals surface area contributed by atoms with Gasteiger partial charge in [-0.15, -0.1) is 0 Å². The number of benzene rings is 2. The van der Waals surface area contributed by atoms with Crippen LogP contribution in [-0.2, 0) is 14.3 Å². The minimum Gasteiger partial charge on any atom is -0.508 e. The Labute approximate surface area is 205 Å². The van der Waals surface area contributed by atoms with Gasteiger partial charge in [0.25, 0.3) is 0 Å². The lowest BCUT2D eigenvalue weighted by atomic mass is 10.1. The van der Waals surface area contributed by atoms with Crippen LogP contribution in [0.1, 0.15) is 52.7 Å². The molecule has 0 saturated heterocycles. The number of para-hydroxylation sites is 1. The molecule has 0 amide bonds. The fraction of sp³-hybridized carbons (Fsp3) is 0.345. The maximum atomic E-state index is 11.0. The van der Waals surface area contributed by atoms with E-state index in [4.69, 9.17) is 19.3 Å². The van der Waals surface area contributed by atoms with Crippen molar-refractivity contribution in [1.29, 1.82) is 0 Å². The van der Waals surface area contributed by atoms with Crippen LogP contribution in [0.4, 0.5) is 0 Å². The average Bonchev–Trinajstić information content (AvgIpc) is 2.77. The number of phenols is 1. The molecule has 34 heavy (non-hydrogen) atoms. The van der Waals surface area contributed by atoms with Crippen LogP contribution in [0, 0.1) is 5.92 Å². The van der Waals surface area contributed by atoms with E-state index in [1.54, 1.807) is 31.2 Å². The van der Waals surface area contributed by atoms with Crippen molar-refractivity contribution in [2.75, 3.05) is 7.11 Å². The highest BCUT2D eigenvalue weighted by Gasteiger charge is 2.17. The fourth-order valence-corrected chi connectivity index (χ4v) is 2.34. The van der Waals surface area contributed by atoms with Gasteiger partial charge in [-0.05, 0) is 51.5 Å². The van der Waals surface area contributed by atoms with Crippen LogP contribution < -0.4 is 4.74 Å². The summed E-state index contributed by atoms with van der Waals surface area (Å²) in [5.74, 6) is 0.930. The van der Waals surface area contributed by atoms with Crippen molar-refractivity contribution in [1.82, 2.24) is 0 Å². The Morgan fingerprint density at radius 3 is 1.97 bits per heavy atom. The van der Waals surface area contributed by atoms with Gasteiger partial charge in [-0.25, -0.2) is 4.79 Å². The van der Waals surface area contributed by atoms with Crippen LogP contribution in [-0.4, -0.2) is 30.1 Å². The maximum absolute atomic E-state index is 11.0. The molecule has 1 unspecified atom stereocenters. The van der Waals surface area contributed by atoms with Crippen molar-refractivity contribution in [2.24, 2.45) is 5.92 Å². The molecule has 0 saturated carbocycles. The predicted molar refractivity (Wildman–Crippen MR) is 142 cm³/mol. The van der Waals surface area contributed by atoms with Gasteiger partial charge in [-0.3, -0.25) is 0 Å². The molecule has 0 radical (unpaired) electrons. The van der Waals surface area contributed by atoms with E-state index in [2.05, 4.69) is 19.7 Å². The Kier molecular flexibility index (Phi) is 14.0. The highest BCUT2D eigenvalue weighted by Crippen LogP contribution is 2.23. The number of hydrogen-bond acceptors (Lipinski definition) is 5. The second kappa shape index (κ2) is 15.5. The zero-order valence-corrected chi connectivity index (χ0v) is 21.6. The molecule has 0 bridgehead atoms. The Bertz CT molecular complexity index is 905. The van der Waals surface area contributed by atoms with E-state index in [1.165, 1.54) is 7.11 Å². The molecular formula is C29H40O5. The smallest absolute Gasteiger partial charge is 0.335 e. The summed E-state index contributed by atoms with van der Waals surface area (Å²) >= 11 is 0. The van der Waals surface area contributed by atoms with Crippen molar-refractivity contribution < 1.29 is 24.1 Å². The first-order chi connectivity index (χ1) is 15.8. The maximum Gasteiger partial charge on any atom is 0.335 e. The van der Waals surface area contributed by atoms with Gasteiger partial charge in [0.15, 0.2) is 0 Å². The summed E-state index contributed by atoms with van der Waals surface area (Å²) in [5, 5.41) is 8.82. The lowest BCUT2D eigenvalue weighted by molar-refractivity contribution is -0.177. The van der Waals surface area contributed by atoms with Crippen molar-refractivity contribution >= 4 is 18.1 Å². The van der Waals surface area contributed by atoms with Crippen LogP contribution in [0.2, 0.25) is 0 Å². The van der Waals surface area contributed by atoms with Crippen molar-refractivity contribution in [3.63, 3.8) is 0 Å². The van der Waals surface area contributed by atoms with Crippen LogP contribution in [0.15, 0.2) is 73.8 Å². The minimum atomic E-state index is -0.478. The molecule has 0 fully saturated rings. The van der Waals surface area contributed by atoms with Gasteiger partial charge in [-0.1, -0.05) is 76.1 Å². The Morgan fingerprint density at radius 1 is 1.00 bits per heavy atom. The van der Waals surface area contributed by atoms with Gasteiger partial charge in [0.05, 0.1) is 0 Å². The third-order valence-electron chi connectivity index (χ3n) is 4.03. The number of esters is 1. The third-order valence-corrected chi connectivity index (χ3v) is 4.03. The summed E-state index contributed by atoms with van der Waals surface area (Å²) in [6, 6.07) is 14.8. The molecule has 0 aliphatic rings. The summed E-state index contributed by atoms with van der Waals surface area (Å²) in [6.45, 7) is 22.3. The molecule has 2 rings (SSSR count). The Hall–Kier alpha value is -3.31. The molecule has 2 aromatic rings. The number of hydrogen-bond donors (Lipinski definition) is 1. The molecule has 0 aliphatic heterocycles. The first kappa shape index (κ1) is 30.7. The first-order valence-electron chi connectivity index (χ1n) is 11.1. The largest absolute Gasteiger partial charge is 0.508 e. The Morgan fingerprint density at radius 2 is 1.56 bits per heavy atom. The topological polar surface area (TPSA) is 65.0 Å². The number of methoxy groups -OCH3 is 1. The molecule has 0 heterocycles. The monoisotopic (exact) mass is 468 g/mol. The zero-order chi connectivity index (χ0) is 26.3. The van der Waals surface area contributed by atoms with E-state index in [-0.39, 0.29) is 11.5 Å². The van der Waals surface area contributed by atoms with E-state index in [0.717, 1.165) is 16.9 Å². The molecule has 0 aliphatic carbocycles. The lowest BCUT2D eigenvalue weighted by Gasteiger charge is -2.22. The molecule has 5 heteroatoms. The molecule has 0 aromatic heterocycles. The molecule has 186 valence electrons. The van der Waals surface area contributed by atoms with Crippen LogP contribution in [0.5, 0.6) is 11.5 Å². The summed E-state index contributed by atoms with van der Waals surface area (Å²) in [7, 11) is 1.51. The second-order valence-electron chi connectivity index (χ2n) is 8.79. The van der Waals surface area contributed by atoms with E-state index in [9.17, 15) is 4.79 Å². The second-order valence-corrected chi connectivity index (χ2v) is 8.79. The zero-order valence-electron chi connectivity index (χ0n) is 21.6. The number of phenolic OH excluding ortho intramolecular Hbond substituents is 1. The minimum absolute atomic E-state index is 0.151. The summed E-state index contributed by atoms with van der Waals surface area (Å²) < 4.78 is 15.7. The van der Waals surface area contributed by atoms with E-state index < -0.39 is 12.3 Å². The molecule has 0 spiro atoms. The van der Waals surface area contributed by atoms with Gasteiger partial charge >= 0.3 is 5.97 Å². The summed E-state index contributed by atoms with van der Waals surface area (Å²) in [6.07, 6.45) is 3.06. The normalized spacial score (nSPS) is 11.1. The number of rotatable bonds is 7. The SMILES string of the molecule is C=C(C)C(=O)OC(OC)C(C)C.C=Cc1ccc(O)cc1.C=Cc1ccccc1OC(C)(C)C. The molecule has 1 atom stereocenters. The van der Waals surface area contributed by atoms with E-state index in [1.807, 2.05) is 71.0 Å². The van der Waals surface area contributed by atoms with Gasteiger partial charge in [0.1, 0.15) is 17.1 Å². The standard InChI is InChI=1S/C12H16O.C9H16O3.C8H8O/c1-5-10-8-6-7-9-11(10)13-12(2,3)4;1-6(2)8(10)12-9(11-5)7(3)4;1-2-7-3-5-8(9)6-4-7/h5-9H,1H2,2-4H3;7,9H,1H2,2-5H3;2-6,9H,1H2. The molecule has 2 aromatic carbocycles. The van der Waals surface area contributed by atoms with Crippen LogP contribution in [0.3, 0.4) is 0 Å². The third kappa shape index (κ3) is 13.3. The van der Waals surface area contributed by atoms with Gasteiger partial charge in [-0.2, -0.15) is 0 Å². The summed E-state index contributed by atoms with van der Waals surface area (Å²) in [5.41, 5.74) is 2.29. The fourth-order valence-electron chi connectivity index (χ4n) is 2.34. The van der Waals surface area contributed by atoms with Gasteiger partial charge in [0, 0.05) is 24.2 Å². The lowest BCUT2D eigenvalue weighted by Crippen LogP contribution is -2.25. The van der Waals surface area contributed by atoms with E-state index in [0.29, 0.717) is 11.3 Å². The quantitative estimate of drug-likeness (QED) is 0.263. The van der Waals surface area contributed by atoms with Crippen LogP contribution in [0.25, 0.3) is 12.2 Å². The highest BCUT2D eigenvalue weighted by atomic mass is 16.7. The molecular weight excluding hydrogens is 428 g/mol. The Balaban J connectivity index is 0.000000488. The summed E-state index contributed by atoms with van der Waals surface area (Å²) in [4.78, 5) is 11.0. The number of aromatic hydroxyl groups is 1. The average molecular weight is 469 g/mol. The number of carbonyl (C=O) groups is 1. The van der Waals surface area contributed by atoms with Gasteiger partial charge < -0.3 is 19.3 Å².